The SMILES string of the molecule is Cc1cc2c(NCCNc3cccc(F)n3)c3c(nc2cc1F)CCCC3. The fourth-order valence-electron chi connectivity index (χ4n) is 3.64. The molecule has 4 rings (SSSR count). The number of halogens is 2. The number of hydrogen-bond donors (Lipinski definition) is 2. The number of hydrogen-bond acceptors (Lipinski definition) is 4. The molecule has 0 unspecified atom stereocenters. The monoisotopic (exact) mass is 368 g/mol. The Morgan fingerprint density at radius 1 is 1.00 bits per heavy atom. The minimum absolute atomic E-state index is 0.226. The number of anilines is 2. The lowest BCUT2D eigenvalue weighted by atomic mass is 9.92. The summed E-state index contributed by atoms with van der Waals surface area (Å²) < 4.78 is 27.2. The maximum atomic E-state index is 14.0. The molecular weight excluding hydrogens is 346 g/mol. The minimum Gasteiger partial charge on any atom is -0.382 e. The van der Waals surface area contributed by atoms with Gasteiger partial charge in [0.2, 0.25) is 5.95 Å². The third-order valence-electron chi connectivity index (χ3n) is 4.99. The van der Waals surface area contributed by atoms with Gasteiger partial charge in [-0.1, -0.05) is 6.07 Å². The number of rotatable bonds is 5. The van der Waals surface area contributed by atoms with Gasteiger partial charge in [-0.05, 0) is 61.9 Å². The number of aromatic nitrogens is 2. The van der Waals surface area contributed by atoms with E-state index >= 15 is 0 Å². The quantitative estimate of drug-likeness (QED) is 0.510. The van der Waals surface area contributed by atoms with E-state index < -0.39 is 5.95 Å². The summed E-state index contributed by atoms with van der Waals surface area (Å²) in [5, 5.41) is 7.57. The van der Waals surface area contributed by atoms with Crippen molar-refractivity contribution < 1.29 is 8.78 Å². The number of pyridine rings is 2. The first kappa shape index (κ1) is 17.6. The molecule has 0 saturated heterocycles. The van der Waals surface area contributed by atoms with E-state index in [1.54, 1.807) is 19.1 Å². The summed E-state index contributed by atoms with van der Waals surface area (Å²) >= 11 is 0. The predicted molar refractivity (Wildman–Crippen MR) is 104 cm³/mol. The van der Waals surface area contributed by atoms with Crippen LogP contribution in [0.3, 0.4) is 0 Å². The van der Waals surface area contributed by atoms with Crippen LogP contribution >= 0.6 is 0 Å². The van der Waals surface area contributed by atoms with Gasteiger partial charge in [0, 0.05) is 35.9 Å². The molecule has 140 valence electrons. The highest BCUT2D eigenvalue weighted by Gasteiger charge is 2.19. The van der Waals surface area contributed by atoms with Crippen LogP contribution in [-0.2, 0) is 12.8 Å². The molecule has 2 aromatic heterocycles. The van der Waals surface area contributed by atoms with Gasteiger partial charge in [0.1, 0.15) is 11.6 Å². The van der Waals surface area contributed by atoms with E-state index in [0.29, 0.717) is 30.0 Å². The van der Waals surface area contributed by atoms with Crippen molar-refractivity contribution in [3.8, 4) is 0 Å². The van der Waals surface area contributed by atoms with Crippen LogP contribution in [0.15, 0.2) is 30.3 Å². The highest BCUT2D eigenvalue weighted by atomic mass is 19.1. The van der Waals surface area contributed by atoms with Crippen LogP contribution < -0.4 is 10.6 Å². The van der Waals surface area contributed by atoms with Gasteiger partial charge in [0.15, 0.2) is 0 Å². The second kappa shape index (κ2) is 7.47. The summed E-state index contributed by atoms with van der Waals surface area (Å²) in [5.41, 5.74) is 4.67. The molecule has 0 atom stereocenters. The highest BCUT2D eigenvalue weighted by Crippen LogP contribution is 2.34. The van der Waals surface area contributed by atoms with Gasteiger partial charge in [-0.2, -0.15) is 4.39 Å². The third-order valence-corrected chi connectivity index (χ3v) is 4.99. The Kier molecular flexibility index (Phi) is 4.88. The van der Waals surface area contributed by atoms with Gasteiger partial charge in [0.25, 0.3) is 0 Å². The second-order valence-electron chi connectivity index (χ2n) is 6.94. The van der Waals surface area contributed by atoms with Crippen LogP contribution in [0.5, 0.6) is 0 Å². The molecule has 0 fully saturated rings. The van der Waals surface area contributed by atoms with E-state index in [0.717, 1.165) is 42.5 Å². The van der Waals surface area contributed by atoms with Crippen molar-refractivity contribution in [2.24, 2.45) is 0 Å². The lowest BCUT2D eigenvalue weighted by Crippen LogP contribution is -2.17. The fraction of sp³-hybridized carbons (Fsp3) is 0.333. The summed E-state index contributed by atoms with van der Waals surface area (Å²) in [6.07, 6.45) is 4.17. The van der Waals surface area contributed by atoms with Crippen LogP contribution in [-0.4, -0.2) is 23.1 Å². The lowest BCUT2D eigenvalue weighted by molar-refractivity contribution is 0.585. The van der Waals surface area contributed by atoms with Gasteiger partial charge >= 0.3 is 0 Å². The van der Waals surface area contributed by atoms with Crippen LogP contribution in [0.25, 0.3) is 10.9 Å². The Balaban J connectivity index is 1.58. The molecule has 2 N–H and O–H groups in total. The van der Waals surface area contributed by atoms with Gasteiger partial charge in [-0.25, -0.2) is 9.37 Å². The summed E-state index contributed by atoms with van der Waals surface area (Å²) in [6, 6.07) is 8.08. The van der Waals surface area contributed by atoms with Gasteiger partial charge in [-0.3, -0.25) is 4.98 Å². The third kappa shape index (κ3) is 3.70. The molecule has 1 aromatic carbocycles. The summed E-state index contributed by atoms with van der Waals surface area (Å²) in [5.74, 6) is -0.216. The average molecular weight is 368 g/mol. The standard InChI is InChI=1S/C21H22F2N4/c1-13-11-15-18(12-16(13)22)26-17-6-3-2-5-14(17)21(15)25-10-9-24-20-8-4-7-19(23)27-20/h4,7-8,11-12H,2-3,5-6,9-10H2,1H3,(H,24,27)(H,25,26). The van der Waals surface area contributed by atoms with Crippen molar-refractivity contribution in [3.05, 3.63) is 58.9 Å². The van der Waals surface area contributed by atoms with Crippen LogP contribution in [0.2, 0.25) is 0 Å². The molecular formula is C21H22F2N4. The molecule has 2 heterocycles. The molecule has 3 aromatic rings. The minimum atomic E-state index is -0.500. The van der Waals surface area contributed by atoms with Gasteiger partial charge < -0.3 is 10.6 Å². The second-order valence-corrected chi connectivity index (χ2v) is 6.94. The Morgan fingerprint density at radius 2 is 1.81 bits per heavy atom. The molecule has 1 aliphatic carbocycles. The van der Waals surface area contributed by atoms with E-state index in [2.05, 4.69) is 15.6 Å². The average Bonchev–Trinajstić information content (AvgIpc) is 2.66. The molecule has 0 radical (unpaired) electrons. The van der Waals surface area contributed by atoms with E-state index in [1.807, 2.05) is 6.07 Å². The molecule has 0 amide bonds. The fourth-order valence-corrected chi connectivity index (χ4v) is 3.64. The Morgan fingerprint density at radius 3 is 2.67 bits per heavy atom. The van der Waals surface area contributed by atoms with E-state index in [9.17, 15) is 8.78 Å². The molecule has 0 saturated carbocycles. The van der Waals surface area contributed by atoms with Crippen molar-refractivity contribution in [2.75, 3.05) is 23.7 Å². The van der Waals surface area contributed by atoms with E-state index in [-0.39, 0.29) is 5.82 Å². The first-order chi connectivity index (χ1) is 13.1. The largest absolute Gasteiger partial charge is 0.382 e. The summed E-state index contributed by atoms with van der Waals surface area (Å²) in [4.78, 5) is 8.52. The summed E-state index contributed by atoms with van der Waals surface area (Å²) in [7, 11) is 0. The molecule has 4 nitrogen and oxygen atoms in total. The van der Waals surface area contributed by atoms with Crippen LogP contribution in [0.1, 0.15) is 29.7 Å². The first-order valence-electron chi connectivity index (χ1n) is 9.34. The topological polar surface area (TPSA) is 49.8 Å². The number of nitrogens with one attached hydrogen (secondary N) is 2. The molecule has 0 bridgehead atoms. The molecule has 27 heavy (non-hydrogen) atoms. The van der Waals surface area contributed by atoms with Crippen molar-refractivity contribution in [3.63, 3.8) is 0 Å². The maximum absolute atomic E-state index is 14.0. The predicted octanol–water partition coefficient (Wildman–Crippen LogP) is 4.62. The van der Waals surface area contributed by atoms with Crippen molar-refractivity contribution in [1.29, 1.82) is 0 Å². The van der Waals surface area contributed by atoms with E-state index in [1.165, 1.54) is 17.7 Å². The molecule has 6 heteroatoms. The smallest absolute Gasteiger partial charge is 0.214 e. The van der Waals surface area contributed by atoms with E-state index in [4.69, 9.17) is 4.98 Å². The highest BCUT2D eigenvalue weighted by molar-refractivity contribution is 5.94. The number of aryl methyl sites for hydroxylation is 2. The molecule has 1 aliphatic rings. The zero-order chi connectivity index (χ0) is 18.8. The first-order valence-corrected chi connectivity index (χ1v) is 9.34. The van der Waals surface area contributed by atoms with Crippen molar-refractivity contribution >= 4 is 22.4 Å². The number of fused-ring (bicyclic) bond motifs is 2. The Bertz CT molecular complexity index is 988. The van der Waals surface area contributed by atoms with Crippen LogP contribution in [0.4, 0.5) is 20.3 Å². The zero-order valence-corrected chi connectivity index (χ0v) is 15.3. The normalized spacial score (nSPS) is 13.4. The number of benzene rings is 1. The van der Waals surface area contributed by atoms with Crippen molar-refractivity contribution in [1.82, 2.24) is 9.97 Å². The van der Waals surface area contributed by atoms with Crippen molar-refractivity contribution in [2.45, 2.75) is 32.6 Å². The molecule has 0 spiro atoms. The van der Waals surface area contributed by atoms with Gasteiger partial charge in [-0.15, -0.1) is 0 Å². The lowest BCUT2D eigenvalue weighted by Gasteiger charge is -2.22. The zero-order valence-electron chi connectivity index (χ0n) is 15.3. The Hall–Kier alpha value is -2.76. The maximum Gasteiger partial charge on any atom is 0.214 e. The molecule has 0 aliphatic heterocycles. The van der Waals surface area contributed by atoms with Gasteiger partial charge in [0.05, 0.1) is 5.52 Å². The Labute approximate surface area is 157 Å². The van der Waals surface area contributed by atoms with Crippen LogP contribution in [0, 0.1) is 18.7 Å². The summed E-state index contributed by atoms with van der Waals surface area (Å²) in [6.45, 7) is 3.00. The number of nitrogens with zero attached hydrogens (tertiary/aromatic N) is 2.